The molecule has 104 valence electrons. The minimum Gasteiger partial charge on any atom is -0.755 e. The minimum absolute atomic E-state index is 0.542. The van der Waals surface area contributed by atoms with Gasteiger partial charge in [0.2, 0.25) is 0 Å². The molecule has 0 bridgehead atoms. The van der Waals surface area contributed by atoms with Crippen LogP contribution in [0.25, 0.3) is 11.6 Å². The summed E-state index contributed by atoms with van der Waals surface area (Å²) in [4.78, 5) is 0. The van der Waals surface area contributed by atoms with Gasteiger partial charge in [0, 0.05) is 22.6 Å². The molecule has 0 heterocycles. The van der Waals surface area contributed by atoms with Gasteiger partial charge in [-0.2, -0.15) is 0 Å². The van der Waals surface area contributed by atoms with Crippen molar-refractivity contribution in [3.05, 3.63) is 59.7 Å². The Morgan fingerprint density at radius 2 is 1.75 bits per heavy atom. The summed E-state index contributed by atoms with van der Waals surface area (Å²) in [6.45, 7) is 2.02. The number of hydrogen-bond acceptors (Lipinski definition) is 3. The van der Waals surface area contributed by atoms with Gasteiger partial charge in [0.15, 0.2) is 0 Å². The molecule has 0 aliphatic heterocycles. The maximum Gasteiger partial charge on any atom is 0.0452 e. The Balaban J connectivity index is 2.17. The topological polar surface area (TPSA) is 78.2 Å². The molecule has 0 aliphatic carbocycles. The summed E-state index contributed by atoms with van der Waals surface area (Å²) in [7, 11) is 0. The van der Waals surface area contributed by atoms with Crippen molar-refractivity contribution in [2.45, 2.75) is 6.92 Å². The largest absolute Gasteiger partial charge is 0.755 e. The number of rotatable bonds is 4. The highest BCUT2D eigenvalue weighted by Gasteiger charge is 1.97. The van der Waals surface area contributed by atoms with E-state index in [1.807, 2.05) is 49.4 Å². The number of hydrogen-bond donors (Lipinski definition) is 2. The average Bonchev–Trinajstić information content (AvgIpc) is 2.41. The summed E-state index contributed by atoms with van der Waals surface area (Å²) < 4.78 is 23.3. The Morgan fingerprint density at radius 1 is 1.15 bits per heavy atom. The second kappa shape index (κ2) is 6.36. The molecule has 5 heteroatoms. The molecule has 0 aliphatic rings. The zero-order valence-corrected chi connectivity index (χ0v) is 11.8. The van der Waals surface area contributed by atoms with Gasteiger partial charge in [0.1, 0.15) is 0 Å². The van der Waals surface area contributed by atoms with E-state index in [0.29, 0.717) is 5.69 Å². The standard InChI is InChI=1S/C15H16N2O2S/c1-11(13-4-6-14(16)7-5-13)10-12-2-8-15(9-3-12)17-20(18)19/h2-10,17H,16H2,1H3,(H,18,19)/p-1. The van der Waals surface area contributed by atoms with Gasteiger partial charge in [-0.3, -0.25) is 4.21 Å². The van der Waals surface area contributed by atoms with Crippen molar-refractivity contribution in [1.29, 1.82) is 0 Å². The van der Waals surface area contributed by atoms with Crippen LogP contribution in [-0.2, 0) is 11.3 Å². The maximum absolute atomic E-state index is 10.5. The molecule has 0 amide bonds. The van der Waals surface area contributed by atoms with Gasteiger partial charge < -0.3 is 15.0 Å². The van der Waals surface area contributed by atoms with E-state index < -0.39 is 11.3 Å². The Kier molecular flexibility index (Phi) is 4.55. The van der Waals surface area contributed by atoms with Crippen molar-refractivity contribution in [2.24, 2.45) is 0 Å². The summed E-state index contributed by atoms with van der Waals surface area (Å²) in [5.41, 5.74) is 10.1. The van der Waals surface area contributed by atoms with Gasteiger partial charge in [-0.15, -0.1) is 0 Å². The van der Waals surface area contributed by atoms with Crippen molar-refractivity contribution in [2.75, 3.05) is 10.5 Å². The van der Waals surface area contributed by atoms with Gasteiger partial charge in [-0.25, -0.2) is 0 Å². The van der Waals surface area contributed by atoms with Crippen LogP contribution in [0.1, 0.15) is 18.1 Å². The lowest BCUT2D eigenvalue weighted by atomic mass is 10.0. The van der Waals surface area contributed by atoms with Crippen molar-refractivity contribution < 1.29 is 8.76 Å². The Labute approximate surface area is 120 Å². The number of nitrogens with one attached hydrogen (secondary N) is 1. The fourth-order valence-electron chi connectivity index (χ4n) is 1.82. The summed E-state index contributed by atoms with van der Waals surface area (Å²) >= 11 is -2.29. The minimum atomic E-state index is -2.29. The first kappa shape index (κ1) is 14.3. The third-order valence-corrected chi connectivity index (χ3v) is 3.26. The summed E-state index contributed by atoms with van der Waals surface area (Å²) in [6.07, 6.45) is 2.03. The van der Waals surface area contributed by atoms with Gasteiger partial charge in [-0.1, -0.05) is 30.3 Å². The van der Waals surface area contributed by atoms with Crippen LogP contribution < -0.4 is 10.5 Å². The van der Waals surface area contributed by atoms with Crippen LogP contribution in [0, 0.1) is 0 Å². The molecular weight excluding hydrogens is 272 g/mol. The van der Waals surface area contributed by atoms with Crippen LogP contribution in [0.15, 0.2) is 48.5 Å². The number of benzene rings is 2. The predicted octanol–water partition coefficient (Wildman–Crippen LogP) is 3.04. The van der Waals surface area contributed by atoms with E-state index in [0.717, 1.165) is 22.4 Å². The number of nitrogens with two attached hydrogens (primary N) is 1. The van der Waals surface area contributed by atoms with Gasteiger partial charge >= 0.3 is 0 Å². The molecule has 4 nitrogen and oxygen atoms in total. The average molecular weight is 287 g/mol. The maximum atomic E-state index is 10.5. The molecule has 2 aromatic carbocycles. The molecule has 0 aromatic heterocycles. The molecule has 0 saturated heterocycles. The molecule has 0 spiro atoms. The molecular formula is C15H15N2O2S-. The summed E-state index contributed by atoms with van der Waals surface area (Å²) in [5.74, 6) is 0. The second-order valence-electron chi connectivity index (χ2n) is 4.41. The number of nitrogen functional groups attached to an aromatic ring is 1. The molecule has 0 saturated carbocycles. The third-order valence-electron chi connectivity index (χ3n) is 2.86. The van der Waals surface area contributed by atoms with E-state index in [1.165, 1.54) is 0 Å². The molecule has 2 aromatic rings. The lowest BCUT2D eigenvalue weighted by molar-refractivity contribution is 0.542. The van der Waals surface area contributed by atoms with Gasteiger partial charge in [0.05, 0.1) is 0 Å². The van der Waals surface area contributed by atoms with E-state index >= 15 is 0 Å². The van der Waals surface area contributed by atoms with Crippen LogP contribution in [0.3, 0.4) is 0 Å². The smallest absolute Gasteiger partial charge is 0.0452 e. The molecule has 0 radical (unpaired) electrons. The fraction of sp³-hybridized carbons (Fsp3) is 0.0667. The van der Waals surface area contributed by atoms with E-state index in [4.69, 9.17) is 5.73 Å². The van der Waals surface area contributed by atoms with E-state index in [9.17, 15) is 8.76 Å². The molecule has 3 N–H and O–H groups in total. The van der Waals surface area contributed by atoms with Crippen molar-refractivity contribution in [3.8, 4) is 0 Å². The second-order valence-corrected chi connectivity index (χ2v) is 5.08. The Hall–Kier alpha value is -2.11. The summed E-state index contributed by atoms with van der Waals surface area (Å²) in [6, 6.07) is 14.8. The van der Waals surface area contributed by atoms with Gasteiger partial charge in [0.25, 0.3) is 0 Å². The van der Waals surface area contributed by atoms with Crippen LogP contribution in [0.2, 0.25) is 0 Å². The van der Waals surface area contributed by atoms with E-state index in [2.05, 4.69) is 4.72 Å². The molecule has 1 atom stereocenters. The number of anilines is 2. The Morgan fingerprint density at radius 3 is 2.30 bits per heavy atom. The highest BCUT2D eigenvalue weighted by atomic mass is 32.2. The first-order valence-corrected chi connectivity index (χ1v) is 7.12. The van der Waals surface area contributed by atoms with E-state index in [1.54, 1.807) is 12.1 Å². The van der Waals surface area contributed by atoms with Crippen molar-refractivity contribution >= 4 is 34.3 Å². The van der Waals surface area contributed by atoms with Crippen LogP contribution >= 0.6 is 0 Å². The van der Waals surface area contributed by atoms with Crippen LogP contribution in [0.4, 0.5) is 11.4 Å². The highest BCUT2D eigenvalue weighted by Crippen LogP contribution is 2.20. The monoisotopic (exact) mass is 287 g/mol. The zero-order chi connectivity index (χ0) is 14.5. The molecule has 20 heavy (non-hydrogen) atoms. The van der Waals surface area contributed by atoms with Crippen LogP contribution in [-0.4, -0.2) is 8.76 Å². The van der Waals surface area contributed by atoms with Crippen molar-refractivity contribution in [1.82, 2.24) is 0 Å². The fourth-order valence-corrected chi connectivity index (χ4v) is 2.15. The lowest BCUT2D eigenvalue weighted by Crippen LogP contribution is -2.01. The third kappa shape index (κ3) is 3.94. The van der Waals surface area contributed by atoms with Gasteiger partial charge in [-0.05, 0) is 47.9 Å². The number of allylic oxidation sites excluding steroid dienone is 1. The lowest BCUT2D eigenvalue weighted by Gasteiger charge is -2.08. The van der Waals surface area contributed by atoms with E-state index in [-0.39, 0.29) is 0 Å². The quantitative estimate of drug-likeness (QED) is 0.515. The molecule has 2 rings (SSSR count). The van der Waals surface area contributed by atoms with Crippen molar-refractivity contribution in [3.63, 3.8) is 0 Å². The highest BCUT2D eigenvalue weighted by molar-refractivity contribution is 7.80. The first-order valence-electron chi connectivity index (χ1n) is 6.05. The molecule has 1 unspecified atom stereocenters. The summed E-state index contributed by atoms with van der Waals surface area (Å²) in [5, 5.41) is 0. The Bertz CT molecular complexity index is 634. The van der Waals surface area contributed by atoms with Crippen LogP contribution in [0.5, 0.6) is 0 Å². The SMILES string of the molecule is CC(=Cc1ccc(NS(=O)[O-])cc1)c1ccc(N)cc1. The predicted molar refractivity (Wildman–Crippen MR) is 83.4 cm³/mol. The normalized spacial score (nSPS) is 13.0. The zero-order valence-electron chi connectivity index (χ0n) is 11.0. The first-order chi connectivity index (χ1) is 9.54. The molecule has 0 fully saturated rings.